The number of carbonyl (C=O) groups excluding carboxylic acids is 1. The molecule has 0 spiro atoms. The van der Waals surface area contributed by atoms with Crippen LogP contribution in [0, 0.1) is 6.92 Å². The van der Waals surface area contributed by atoms with Crippen LogP contribution < -0.4 is 10.6 Å². The molecule has 1 heterocycles. The fourth-order valence-corrected chi connectivity index (χ4v) is 2.53. The molecular weight excluding hydrogens is 453 g/mol. The van der Waals surface area contributed by atoms with Crippen LogP contribution in [0.2, 0.25) is 0 Å². The van der Waals surface area contributed by atoms with E-state index in [1.54, 1.807) is 32.2 Å². The number of rotatable bonds is 6. The van der Waals surface area contributed by atoms with E-state index in [4.69, 9.17) is 0 Å². The highest BCUT2D eigenvalue weighted by Gasteiger charge is 2.08. The fraction of sp³-hybridized carbons (Fsp3) is 0.350. The van der Waals surface area contributed by atoms with Gasteiger partial charge in [-0.3, -0.25) is 14.8 Å². The van der Waals surface area contributed by atoms with Crippen LogP contribution >= 0.6 is 24.0 Å². The van der Waals surface area contributed by atoms with Gasteiger partial charge in [0.2, 0.25) is 0 Å². The molecule has 0 unspecified atom stereocenters. The van der Waals surface area contributed by atoms with Gasteiger partial charge >= 0.3 is 0 Å². The Morgan fingerprint density at radius 1 is 1.19 bits per heavy atom. The lowest BCUT2D eigenvalue weighted by atomic mass is 10.1. The minimum absolute atomic E-state index is 0. The summed E-state index contributed by atoms with van der Waals surface area (Å²) in [4.78, 5) is 22.2. The second kappa shape index (κ2) is 11.5. The molecule has 6 nitrogen and oxygen atoms in total. The number of amides is 1. The lowest BCUT2D eigenvalue weighted by Crippen LogP contribution is -2.38. The molecule has 0 saturated carbocycles. The first-order chi connectivity index (χ1) is 12.5. The van der Waals surface area contributed by atoms with Crippen LogP contribution in [0.25, 0.3) is 0 Å². The molecule has 0 atom stereocenters. The monoisotopic (exact) mass is 481 g/mol. The molecule has 7 heteroatoms. The number of guanidine groups is 1. The highest BCUT2D eigenvalue weighted by atomic mass is 127. The number of hydrogen-bond acceptors (Lipinski definition) is 3. The molecule has 0 aliphatic carbocycles. The second-order valence-corrected chi connectivity index (χ2v) is 6.27. The Labute approximate surface area is 178 Å². The van der Waals surface area contributed by atoms with Gasteiger partial charge in [-0.25, -0.2) is 0 Å². The molecule has 0 bridgehead atoms. The van der Waals surface area contributed by atoms with Gasteiger partial charge in [-0.1, -0.05) is 18.2 Å². The van der Waals surface area contributed by atoms with Crippen molar-refractivity contribution in [2.45, 2.75) is 19.9 Å². The normalized spacial score (nSPS) is 10.7. The first kappa shape index (κ1) is 22.9. The average molecular weight is 481 g/mol. The van der Waals surface area contributed by atoms with E-state index < -0.39 is 0 Å². The van der Waals surface area contributed by atoms with E-state index in [1.807, 2.05) is 43.3 Å². The van der Waals surface area contributed by atoms with Crippen molar-refractivity contribution in [3.63, 3.8) is 0 Å². The van der Waals surface area contributed by atoms with E-state index in [0.29, 0.717) is 12.1 Å². The summed E-state index contributed by atoms with van der Waals surface area (Å²) in [5.74, 6) is 0.749. The van der Waals surface area contributed by atoms with Gasteiger partial charge in [0.05, 0.1) is 12.2 Å². The molecule has 2 rings (SSSR count). The fourth-order valence-electron chi connectivity index (χ4n) is 2.53. The summed E-state index contributed by atoms with van der Waals surface area (Å²) in [7, 11) is 5.27. The molecule has 1 aromatic carbocycles. The Bertz CT molecular complexity index is 776. The third-order valence-electron chi connectivity index (χ3n) is 4.05. The molecule has 0 radical (unpaired) electrons. The van der Waals surface area contributed by atoms with E-state index in [2.05, 4.69) is 20.6 Å². The number of benzene rings is 1. The summed E-state index contributed by atoms with van der Waals surface area (Å²) in [5.41, 5.74) is 3.98. The molecule has 146 valence electrons. The van der Waals surface area contributed by atoms with E-state index in [0.717, 1.165) is 35.7 Å². The Hall–Kier alpha value is -2.16. The van der Waals surface area contributed by atoms with Crippen LogP contribution in [0.3, 0.4) is 0 Å². The van der Waals surface area contributed by atoms with Gasteiger partial charge in [0.1, 0.15) is 0 Å². The smallest absolute Gasteiger partial charge is 0.253 e. The maximum absolute atomic E-state index is 12.0. The van der Waals surface area contributed by atoms with Crippen molar-refractivity contribution in [3.05, 3.63) is 65.0 Å². The van der Waals surface area contributed by atoms with Crippen LogP contribution in [-0.2, 0) is 13.0 Å². The summed E-state index contributed by atoms with van der Waals surface area (Å²) in [6.45, 7) is 3.39. The van der Waals surface area contributed by atoms with Crippen molar-refractivity contribution < 1.29 is 4.79 Å². The predicted octanol–water partition coefficient (Wildman–Crippen LogP) is 2.62. The molecule has 0 saturated heterocycles. The van der Waals surface area contributed by atoms with Crippen LogP contribution in [0.1, 0.15) is 27.2 Å². The van der Waals surface area contributed by atoms with E-state index in [-0.39, 0.29) is 29.9 Å². The largest absolute Gasteiger partial charge is 0.356 e. The van der Waals surface area contributed by atoms with E-state index in [1.165, 1.54) is 0 Å². The molecule has 2 N–H and O–H groups in total. The lowest BCUT2D eigenvalue weighted by molar-refractivity contribution is 0.0827. The number of nitrogens with one attached hydrogen (secondary N) is 2. The van der Waals surface area contributed by atoms with Crippen molar-refractivity contribution in [3.8, 4) is 0 Å². The number of aromatic nitrogens is 1. The average Bonchev–Trinajstić information content (AvgIpc) is 2.65. The molecule has 2 aromatic rings. The molecule has 0 aliphatic rings. The van der Waals surface area contributed by atoms with Crippen molar-refractivity contribution in [1.29, 1.82) is 0 Å². The Kier molecular flexibility index (Phi) is 9.77. The number of hydrogen-bond donors (Lipinski definition) is 2. The zero-order chi connectivity index (χ0) is 18.9. The van der Waals surface area contributed by atoms with Gasteiger partial charge in [0, 0.05) is 39.4 Å². The number of aryl methyl sites for hydroxylation is 1. The number of aliphatic imine (C=N–C) groups is 1. The zero-order valence-electron chi connectivity index (χ0n) is 16.3. The summed E-state index contributed by atoms with van der Waals surface area (Å²) in [6, 6.07) is 11.7. The van der Waals surface area contributed by atoms with Gasteiger partial charge in [0.25, 0.3) is 5.91 Å². The van der Waals surface area contributed by atoms with Crippen molar-refractivity contribution in [2.24, 2.45) is 4.99 Å². The maximum Gasteiger partial charge on any atom is 0.253 e. The minimum atomic E-state index is 0. The third kappa shape index (κ3) is 7.16. The predicted molar refractivity (Wildman–Crippen MR) is 121 cm³/mol. The van der Waals surface area contributed by atoms with Crippen LogP contribution in [0.5, 0.6) is 0 Å². The summed E-state index contributed by atoms with van der Waals surface area (Å²) in [6.07, 6.45) is 2.60. The lowest BCUT2D eigenvalue weighted by Gasteiger charge is -2.13. The number of halogens is 1. The highest BCUT2D eigenvalue weighted by Crippen LogP contribution is 2.08. The quantitative estimate of drug-likeness (QED) is 0.378. The van der Waals surface area contributed by atoms with Gasteiger partial charge in [-0.15, -0.1) is 24.0 Å². The molecule has 1 aromatic heterocycles. The maximum atomic E-state index is 12.0. The molecular formula is C20H28IN5O. The Morgan fingerprint density at radius 3 is 2.63 bits per heavy atom. The highest BCUT2D eigenvalue weighted by molar-refractivity contribution is 14.0. The van der Waals surface area contributed by atoms with Crippen LogP contribution in [0.4, 0.5) is 0 Å². The van der Waals surface area contributed by atoms with Gasteiger partial charge < -0.3 is 15.5 Å². The first-order valence-corrected chi connectivity index (χ1v) is 8.67. The van der Waals surface area contributed by atoms with Gasteiger partial charge in [-0.2, -0.15) is 0 Å². The van der Waals surface area contributed by atoms with E-state index >= 15 is 0 Å². The van der Waals surface area contributed by atoms with Crippen molar-refractivity contribution in [2.75, 3.05) is 27.7 Å². The summed E-state index contributed by atoms with van der Waals surface area (Å²) >= 11 is 0. The molecule has 1 amide bonds. The topological polar surface area (TPSA) is 69.6 Å². The standard InChI is InChI=1S/C20H27N5O.HI/c1-15-7-6-11-22-18(15)14-24-20(21-2)23-12-10-16-8-5-9-17(13-16)19(26)25(3)4;/h5-9,11,13H,10,12,14H2,1-4H3,(H2,21,23,24);1H. The minimum Gasteiger partial charge on any atom is -0.356 e. The Balaban J connectivity index is 0.00000364. The SMILES string of the molecule is CN=C(NCCc1cccc(C(=O)N(C)C)c1)NCc1ncccc1C.I. The van der Waals surface area contributed by atoms with Gasteiger partial charge in [0.15, 0.2) is 5.96 Å². The molecule has 0 fully saturated rings. The molecule has 27 heavy (non-hydrogen) atoms. The summed E-state index contributed by atoms with van der Waals surface area (Å²) in [5, 5.41) is 6.57. The first-order valence-electron chi connectivity index (χ1n) is 8.67. The molecule has 0 aliphatic heterocycles. The third-order valence-corrected chi connectivity index (χ3v) is 4.05. The van der Waals surface area contributed by atoms with Crippen molar-refractivity contribution >= 4 is 35.8 Å². The Morgan fingerprint density at radius 2 is 1.96 bits per heavy atom. The van der Waals surface area contributed by atoms with Gasteiger partial charge in [-0.05, 0) is 42.7 Å². The van der Waals surface area contributed by atoms with E-state index in [9.17, 15) is 4.79 Å². The second-order valence-electron chi connectivity index (χ2n) is 6.27. The summed E-state index contributed by atoms with van der Waals surface area (Å²) < 4.78 is 0. The number of pyridine rings is 1. The number of nitrogens with zero attached hydrogens (tertiary/aromatic N) is 3. The van der Waals surface area contributed by atoms with Crippen molar-refractivity contribution in [1.82, 2.24) is 20.5 Å². The van der Waals surface area contributed by atoms with Crippen LogP contribution in [-0.4, -0.2) is 49.4 Å². The number of carbonyl (C=O) groups is 1. The zero-order valence-corrected chi connectivity index (χ0v) is 18.7. The van der Waals surface area contributed by atoms with Crippen LogP contribution in [0.15, 0.2) is 47.6 Å².